The average molecular weight is 202 g/mol. The van der Waals surface area contributed by atoms with Crippen LogP contribution in [0, 0.1) is 0 Å². The fourth-order valence-electron chi connectivity index (χ4n) is 0.694. The molecule has 0 bridgehead atoms. The zero-order chi connectivity index (χ0) is 10.6. The van der Waals surface area contributed by atoms with Gasteiger partial charge in [-0.2, -0.15) is 0 Å². The molecule has 0 aromatic heterocycles. The van der Waals surface area contributed by atoms with Gasteiger partial charge in [-0.1, -0.05) is 19.6 Å². The van der Waals surface area contributed by atoms with Crippen LogP contribution in [-0.2, 0) is 19.0 Å². The van der Waals surface area contributed by atoms with Gasteiger partial charge in [-0.15, -0.1) is 0 Å². The zero-order valence-electron chi connectivity index (χ0n) is 8.66. The highest BCUT2D eigenvalue weighted by Gasteiger charge is 1.94. The third kappa shape index (κ3) is 9.22. The van der Waals surface area contributed by atoms with E-state index < -0.39 is 0 Å². The van der Waals surface area contributed by atoms with Crippen molar-refractivity contribution in [2.45, 2.75) is 13.3 Å². The van der Waals surface area contributed by atoms with Crippen molar-refractivity contribution in [3.8, 4) is 0 Å². The van der Waals surface area contributed by atoms with Crippen molar-refractivity contribution in [1.29, 1.82) is 0 Å². The molecule has 0 aromatic rings. The molecule has 1 fully saturated rings. The maximum absolute atomic E-state index is 10.3. The Balaban J connectivity index is 0.000000249. The van der Waals surface area contributed by atoms with Gasteiger partial charge < -0.3 is 14.2 Å². The van der Waals surface area contributed by atoms with E-state index >= 15 is 0 Å². The highest BCUT2D eigenvalue weighted by Crippen LogP contribution is 1.85. The Labute approximate surface area is 84.8 Å². The molecule has 0 saturated carbocycles. The second kappa shape index (κ2) is 10.2. The van der Waals surface area contributed by atoms with Crippen molar-refractivity contribution in [1.82, 2.24) is 0 Å². The topological polar surface area (TPSA) is 44.8 Å². The summed E-state index contributed by atoms with van der Waals surface area (Å²) in [6.07, 6.45) is 1.99. The average Bonchev–Trinajstić information content (AvgIpc) is 2.29. The standard InChI is InChI=1S/C6H10O2.C4H8O2/c1-3-5-8-6(7)4-2;1-2-6-4-3-5-1/h3H,1,4-5H2,2H3;1-4H2. The SMILES string of the molecule is C1COCCO1.C=CCOC(=O)CC. The molecular weight excluding hydrogens is 184 g/mol. The van der Waals surface area contributed by atoms with Gasteiger partial charge in [0.05, 0.1) is 26.4 Å². The van der Waals surface area contributed by atoms with Crippen molar-refractivity contribution in [3.63, 3.8) is 0 Å². The molecule has 1 saturated heterocycles. The lowest BCUT2D eigenvalue weighted by Gasteiger charge is -2.09. The lowest BCUT2D eigenvalue weighted by atomic mass is 10.5. The van der Waals surface area contributed by atoms with Crippen molar-refractivity contribution in [3.05, 3.63) is 12.7 Å². The maximum atomic E-state index is 10.3. The van der Waals surface area contributed by atoms with E-state index in [-0.39, 0.29) is 5.97 Å². The number of esters is 1. The van der Waals surface area contributed by atoms with Crippen LogP contribution in [0.5, 0.6) is 0 Å². The van der Waals surface area contributed by atoms with Crippen LogP contribution in [-0.4, -0.2) is 39.0 Å². The lowest BCUT2D eigenvalue weighted by molar-refractivity contribution is -0.141. The number of rotatable bonds is 3. The largest absolute Gasteiger partial charge is 0.461 e. The van der Waals surface area contributed by atoms with Crippen LogP contribution >= 0.6 is 0 Å². The van der Waals surface area contributed by atoms with Crippen LogP contribution < -0.4 is 0 Å². The smallest absolute Gasteiger partial charge is 0.305 e. The van der Waals surface area contributed by atoms with Gasteiger partial charge in [-0.25, -0.2) is 0 Å². The van der Waals surface area contributed by atoms with Crippen molar-refractivity contribution in [2.24, 2.45) is 0 Å². The Bertz CT molecular complexity index is 141. The maximum Gasteiger partial charge on any atom is 0.305 e. The van der Waals surface area contributed by atoms with Crippen molar-refractivity contribution >= 4 is 5.97 Å². The highest BCUT2D eigenvalue weighted by molar-refractivity contribution is 5.68. The summed E-state index contributed by atoms with van der Waals surface area (Å²) in [5.74, 6) is -0.176. The van der Waals surface area contributed by atoms with Crippen LogP contribution in [0.3, 0.4) is 0 Å². The highest BCUT2D eigenvalue weighted by atomic mass is 16.6. The second-order valence-corrected chi connectivity index (χ2v) is 2.55. The van der Waals surface area contributed by atoms with Crippen molar-refractivity contribution < 1.29 is 19.0 Å². The van der Waals surface area contributed by atoms with Crippen LogP contribution in [0.4, 0.5) is 0 Å². The summed E-state index contributed by atoms with van der Waals surface area (Å²) in [5, 5.41) is 0. The number of carbonyl (C=O) groups excluding carboxylic acids is 1. The van der Waals surface area contributed by atoms with E-state index in [0.717, 1.165) is 26.4 Å². The minimum Gasteiger partial charge on any atom is -0.461 e. The van der Waals surface area contributed by atoms with E-state index in [1.54, 1.807) is 13.0 Å². The van der Waals surface area contributed by atoms with Crippen LogP contribution in [0.25, 0.3) is 0 Å². The summed E-state index contributed by atoms with van der Waals surface area (Å²) >= 11 is 0. The fraction of sp³-hybridized carbons (Fsp3) is 0.700. The Morgan fingerprint density at radius 2 is 1.86 bits per heavy atom. The molecular formula is C10H18O4. The molecule has 0 N–H and O–H groups in total. The van der Waals surface area contributed by atoms with Crippen molar-refractivity contribution in [2.75, 3.05) is 33.0 Å². The second-order valence-electron chi connectivity index (χ2n) is 2.55. The molecule has 1 aliphatic rings. The van der Waals surface area contributed by atoms with E-state index in [2.05, 4.69) is 11.3 Å². The van der Waals surface area contributed by atoms with E-state index in [1.165, 1.54) is 0 Å². The van der Waals surface area contributed by atoms with E-state index in [1.807, 2.05) is 0 Å². The lowest BCUT2D eigenvalue weighted by Crippen LogP contribution is -2.16. The Morgan fingerprint density at radius 3 is 2.14 bits per heavy atom. The van der Waals surface area contributed by atoms with E-state index in [9.17, 15) is 4.79 Å². The molecule has 0 atom stereocenters. The summed E-state index contributed by atoms with van der Waals surface area (Å²) in [7, 11) is 0. The molecule has 0 amide bonds. The van der Waals surface area contributed by atoms with Gasteiger partial charge in [-0.05, 0) is 0 Å². The van der Waals surface area contributed by atoms with Crippen LogP contribution in [0.1, 0.15) is 13.3 Å². The molecule has 4 heteroatoms. The Kier molecular flexibility index (Phi) is 9.58. The number of carbonyl (C=O) groups is 1. The Morgan fingerprint density at radius 1 is 1.36 bits per heavy atom. The third-order valence-electron chi connectivity index (χ3n) is 1.39. The van der Waals surface area contributed by atoms with Gasteiger partial charge in [-0.3, -0.25) is 4.79 Å². The summed E-state index contributed by atoms with van der Waals surface area (Å²) in [5.41, 5.74) is 0. The summed E-state index contributed by atoms with van der Waals surface area (Å²) in [6.45, 7) is 8.58. The fourth-order valence-corrected chi connectivity index (χ4v) is 0.694. The molecule has 0 unspecified atom stereocenters. The molecule has 82 valence electrons. The molecule has 0 aromatic carbocycles. The summed E-state index contributed by atoms with van der Waals surface area (Å²) < 4.78 is 14.5. The zero-order valence-corrected chi connectivity index (χ0v) is 8.66. The predicted molar refractivity (Wildman–Crippen MR) is 53.1 cm³/mol. The minimum absolute atomic E-state index is 0.176. The first-order valence-corrected chi connectivity index (χ1v) is 4.73. The van der Waals surface area contributed by atoms with Crippen LogP contribution in [0.15, 0.2) is 12.7 Å². The molecule has 1 rings (SSSR count). The quantitative estimate of drug-likeness (QED) is 0.509. The first-order valence-electron chi connectivity index (χ1n) is 4.73. The van der Waals surface area contributed by atoms with Gasteiger partial charge in [0.1, 0.15) is 6.61 Å². The predicted octanol–water partition coefficient (Wildman–Crippen LogP) is 1.16. The number of hydrogen-bond acceptors (Lipinski definition) is 4. The molecule has 0 spiro atoms. The minimum atomic E-state index is -0.176. The summed E-state index contributed by atoms with van der Waals surface area (Å²) in [6, 6.07) is 0. The van der Waals surface area contributed by atoms with Gasteiger partial charge in [0.25, 0.3) is 0 Å². The molecule has 0 aliphatic carbocycles. The Hall–Kier alpha value is -0.870. The van der Waals surface area contributed by atoms with E-state index in [0.29, 0.717) is 13.0 Å². The molecule has 1 heterocycles. The monoisotopic (exact) mass is 202 g/mol. The molecule has 0 radical (unpaired) electrons. The van der Waals surface area contributed by atoms with E-state index in [4.69, 9.17) is 9.47 Å². The third-order valence-corrected chi connectivity index (χ3v) is 1.39. The van der Waals surface area contributed by atoms with Gasteiger partial charge in [0.2, 0.25) is 0 Å². The molecule has 14 heavy (non-hydrogen) atoms. The first-order chi connectivity index (χ1) is 6.81. The number of hydrogen-bond donors (Lipinski definition) is 0. The van der Waals surface area contributed by atoms with Crippen LogP contribution in [0.2, 0.25) is 0 Å². The number of ether oxygens (including phenoxy) is 3. The summed E-state index contributed by atoms with van der Waals surface area (Å²) in [4.78, 5) is 10.3. The van der Waals surface area contributed by atoms with Gasteiger partial charge >= 0.3 is 5.97 Å². The van der Waals surface area contributed by atoms with Gasteiger partial charge in [0.15, 0.2) is 0 Å². The van der Waals surface area contributed by atoms with Gasteiger partial charge in [0, 0.05) is 6.42 Å². The molecule has 1 aliphatic heterocycles. The molecule has 4 nitrogen and oxygen atoms in total. The first kappa shape index (κ1) is 13.1. The normalized spacial score (nSPS) is 14.9.